The van der Waals surface area contributed by atoms with E-state index in [1.165, 1.54) is 0 Å². The molecule has 5 atom stereocenters. The lowest BCUT2D eigenvalue weighted by molar-refractivity contribution is -0.393. The fourth-order valence-electron chi connectivity index (χ4n) is 5.19. The molecule has 1 aromatic carbocycles. The third kappa shape index (κ3) is 6.00. The Balaban J connectivity index is 1.85. The van der Waals surface area contributed by atoms with Gasteiger partial charge in [0, 0.05) is 17.9 Å². The molecule has 0 saturated carbocycles. The van der Waals surface area contributed by atoms with Crippen molar-refractivity contribution in [3.8, 4) is 5.75 Å². The van der Waals surface area contributed by atoms with Gasteiger partial charge in [-0.15, -0.1) is 13.2 Å². The van der Waals surface area contributed by atoms with Gasteiger partial charge in [0.1, 0.15) is 24.6 Å². The van der Waals surface area contributed by atoms with E-state index in [0.29, 0.717) is 26.2 Å². The fourth-order valence-corrected chi connectivity index (χ4v) is 5.19. The largest absolute Gasteiger partial charge is 0.491 e. The first-order valence-corrected chi connectivity index (χ1v) is 13.0. The highest BCUT2D eigenvalue weighted by molar-refractivity contribution is 5.28. The third-order valence-corrected chi connectivity index (χ3v) is 7.99. The van der Waals surface area contributed by atoms with Crippen molar-refractivity contribution < 1.29 is 23.8 Å². The number of rotatable bonds is 14. The Morgan fingerprint density at radius 2 is 1.69 bits per heavy atom. The number of ether oxygens (including phenoxy) is 4. The van der Waals surface area contributed by atoms with Crippen molar-refractivity contribution in [2.45, 2.75) is 89.9 Å². The topological polar surface area (TPSA) is 52.7 Å². The summed E-state index contributed by atoms with van der Waals surface area (Å²) in [7, 11) is 0. The number of epoxide rings is 1. The van der Waals surface area contributed by atoms with Crippen LogP contribution in [0, 0.1) is 5.92 Å². The highest BCUT2D eigenvalue weighted by atomic mass is 16.7. The van der Waals surface area contributed by atoms with E-state index in [2.05, 4.69) is 71.9 Å². The summed E-state index contributed by atoms with van der Waals surface area (Å²) in [6, 6.07) is 8.17. The molecule has 0 radical (unpaired) electrons. The number of hydroxylamine groups is 2. The van der Waals surface area contributed by atoms with E-state index in [4.69, 9.17) is 23.8 Å². The monoisotopic (exact) mass is 487 g/mol. The van der Waals surface area contributed by atoms with Crippen LogP contribution in [0.2, 0.25) is 0 Å². The van der Waals surface area contributed by atoms with Gasteiger partial charge in [-0.2, -0.15) is 5.06 Å². The Morgan fingerprint density at radius 3 is 2.17 bits per heavy atom. The van der Waals surface area contributed by atoms with Crippen LogP contribution in [0.4, 0.5) is 0 Å². The van der Waals surface area contributed by atoms with Gasteiger partial charge in [0.15, 0.2) is 5.79 Å². The summed E-state index contributed by atoms with van der Waals surface area (Å²) < 4.78 is 23.9. The van der Waals surface area contributed by atoms with E-state index in [1.807, 2.05) is 12.1 Å². The molecule has 2 saturated heterocycles. The van der Waals surface area contributed by atoms with Crippen LogP contribution in [-0.2, 0) is 19.0 Å². The Bertz CT molecular complexity index is 826. The summed E-state index contributed by atoms with van der Waals surface area (Å²) in [4.78, 5) is 6.83. The molecular formula is C29H45NO5. The van der Waals surface area contributed by atoms with Gasteiger partial charge in [0.2, 0.25) is 0 Å². The number of hydrogen-bond donors (Lipinski definition) is 0. The molecule has 2 aliphatic heterocycles. The molecule has 0 bridgehead atoms. The minimum absolute atomic E-state index is 0.0344. The van der Waals surface area contributed by atoms with E-state index in [0.717, 1.165) is 30.8 Å². The third-order valence-electron chi connectivity index (χ3n) is 7.99. The zero-order valence-corrected chi connectivity index (χ0v) is 22.5. The molecule has 2 fully saturated rings. The second kappa shape index (κ2) is 11.6. The van der Waals surface area contributed by atoms with Crippen molar-refractivity contribution in [1.82, 2.24) is 5.06 Å². The average molecular weight is 488 g/mol. The van der Waals surface area contributed by atoms with Crippen molar-refractivity contribution in [2.24, 2.45) is 5.92 Å². The van der Waals surface area contributed by atoms with E-state index < -0.39 is 5.79 Å². The maximum atomic E-state index is 6.83. The summed E-state index contributed by atoms with van der Waals surface area (Å²) in [6.07, 6.45) is 6.13. The second-order valence-corrected chi connectivity index (χ2v) is 10.3. The highest BCUT2D eigenvalue weighted by Gasteiger charge is 2.62. The minimum atomic E-state index is -0.759. The lowest BCUT2D eigenvalue weighted by Crippen LogP contribution is -2.72. The predicted octanol–water partition coefficient (Wildman–Crippen LogP) is 6.24. The van der Waals surface area contributed by atoms with Crippen LogP contribution < -0.4 is 4.74 Å². The summed E-state index contributed by atoms with van der Waals surface area (Å²) in [5, 5.41) is 2.25. The molecule has 0 amide bonds. The van der Waals surface area contributed by atoms with E-state index in [-0.39, 0.29) is 29.2 Å². The molecule has 2 aliphatic rings. The lowest BCUT2D eigenvalue weighted by Gasteiger charge is -2.63. The molecular weight excluding hydrogens is 442 g/mol. The normalized spacial score (nSPS) is 31.0. The van der Waals surface area contributed by atoms with Crippen molar-refractivity contribution in [3.05, 3.63) is 55.1 Å². The minimum Gasteiger partial charge on any atom is -0.491 e. The number of piperidine rings is 1. The van der Waals surface area contributed by atoms with Crippen LogP contribution in [0.3, 0.4) is 0 Å². The quantitative estimate of drug-likeness (QED) is 0.176. The SMILES string of the molecule is C=CCOC1(OCC=C)CC(C)(CC)N(OC(C)c2ccc(OCC3CO3)cc2)C(C)(CC)C1C. The van der Waals surface area contributed by atoms with Gasteiger partial charge in [-0.05, 0) is 51.3 Å². The van der Waals surface area contributed by atoms with Gasteiger partial charge >= 0.3 is 0 Å². The fraction of sp³-hybridized carbons (Fsp3) is 0.655. The lowest BCUT2D eigenvalue weighted by atomic mass is 9.67. The second-order valence-electron chi connectivity index (χ2n) is 10.3. The summed E-state index contributed by atoms with van der Waals surface area (Å²) in [5.74, 6) is 0.126. The maximum Gasteiger partial charge on any atom is 0.175 e. The standard InChI is InChI=1S/C29H45NO5/c1-9-17-33-29(34-18-10-2)21-27(7,11-3)30(28(8,12-4)23(29)6)35-22(5)24-13-15-25(16-14-24)31-19-26-20-32-26/h9-10,13-16,22-23,26H,1-2,11-12,17-21H2,3-8H3. The summed E-state index contributed by atoms with van der Waals surface area (Å²) >= 11 is 0. The smallest absolute Gasteiger partial charge is 0.175 e. The van der Waals surface area contributed by atoms with Crippen molar-refractivity contribution in [1.29, 1.82) is 0 Å². The molecule has 2 heterocycles. The van der Waals surface area contributed by atoms with E-state index in [1.54, 1.807) is 12.2 Å². The number of hydrogen-bond acceptors (Lipinski definition) is 6. The molecule has 6 heteroatoms. The molecule has 0 aromatic heterocycles. The van der Waals surface area contributed by atoms with Gasteiger partial charge in [-0.3, -0.25) is 4.84 Å². The zero-order valence-electron chi connectivity index (χ0n) is 22.5. The molecule has 1 aromatic rings. The Morgan fingerprint density at radius 1 is 1.09 bits per heavy atom. The molecule has 5 unspecified atom stereocenters. The van der Waals surface area contributed by atoms with Gasteiger partial charge in [-0.1, -0.05) is 45.1 Å². The van der Waals surface area contributed by atoms with Crippen LogP contribution in [0.5, 0.6) is 5.75 Å². The Labute approximate surface area is 212 Å². The molecule has 0 aliphatic carbocycles. The van der Waals surface area contributed by atoms with Crippen LogP contribution in [0.15, 0.2) is 49.6 Å². The van der Waals surface area contributed by atoms with E-state index in [9.17, 15) is 0 Å². The molecule has 6 nitrogen and oxygen atoms in total. The highest BCUT2D eigenvalue weighted by Crippen LogP contribution is 2.53. The van der Waals surface area contributed by atoms with Gasteiger partial charge in [0.25, 0.3) is 0 Å². The van der Waals surface area contributed by atoms with Crippen LogP contribution >= 0.6 is 0 Å². The Hall–Kier alpha value is -1.70. The summed E-state index contributed by atoms with van der Waals surface area (Å²) in [6.45, 7) is 23.2. The molecule has 196 valence electrons. The first-order valence-electron chi connectivity index (χ1n) is 13.0. The summed E-state index contributed by atoms with van der Waals surface area (Å²) in [5.41, 5.74) is 0.473. The van der Waals surface area contributed by atoms with Crippen molar-refractivity contribution >= 4 is 0 Å². The molecule has 3 rings (SSSR count). The van der Waals surface area contributed by atoms with Gasteiger partial charge in [0.05, 0.1) is 25.4 Å². The molecule has 0 N–H and O–H groups in total. The maximum absolute atomic E-state index is 6.83. The van der Waals surface area contributed by atoms with Crippen molar-refractivity contribution in [3.63, 3.8) is 0 Å². The zero-order chi connectivity index (χ0) is 25.7. The van der Waals surface area contributed by atoms with Gasteiger partial charge in [-0.25, -0.2) is 0 Å². The number of nitrogens with zero attached hydrogens (tertiary/aromatic N) is 1. The predicted molar refractivity (Wildman–Crippen MR) is 139 cm³/mol. The molecule has 35 heavy (non-hydrogen) atoms. The first-order chi connectivity index (χ1) is 16.7. The van der Waals surface area contributed by atoms with Crippen molar-refractivity contribution in [2.75, 3.05) is 26.4 Å². The van der Waals surface area contributed by atoms with Crippen LogP contribution in [0.25, 0.3) is 0 Å². The van der Waals surface area contributed by atoms with E-state index >= 15 is 0 Å². The Kier molecular flexibility index (Phi) is 9.22. The van der Waals surface area contributed by atoms with Crippen LogP contribution in [0.1, 0.15) is 72.5 Å². The number of benzene rings is 1. The average Bonchev–Trinajstić information content (AvgIpc) is 3.71. The first kappa shape index (κ1) is 27.9. The molecule has 0 spiro atoms. The van der Waals surface area contributed by atoms with Crippen LogP contribution in [-0.4, -0.2) is 54.5 Å². The van der Waals surface area contributed by atoms with Gasteiger partial charge < -0.3 is 18.9 Å².